The fourth-order valence-corrected chi connectivity index (χ4v) is 0.904. The summed E-state index contributed by atoms with van der Waals surface area (Å²) in [6.45, 7) is 0. The van der Waals surface area contributed by atoms with Gasteiger partial charge >= 0.3 is 0 Å². The summed E-state index contributed by atoms with van der Waals surface area (Å²) in [5, 5.41) is 8.73. The van der Waals surface area contributed by atoms with E-state index in [9.17, 15) is 0 Å². The standard InChI is InChI=1S/C5H10O.C2H2/c6-5-3-1-2-4-5;1-2/h5-6H,1-4H2;1-2H. The molecule has 1 N–H and O–H groups in total. The van der Waals surface area contributed by atoms with Crippen LogP contribution < -0.4 is 0 Å². The van der Waals surface area contributed by atoms with Crippen molar-refractivity contribution >= 4 is 0 Å². The summed E-state index contributed by atoms with van der Waals surface area (Å²) in [5.74, 6) is 0. The Morgan fingerprint density at radius 3 is 1.62 bits per heavy atom. The van der Waals surface area contributed by atoms with Crippen LogP contribution in [0.1, 0.15) is 25.7 Å². The van der Waals surface area contributed by atoms with E-state index in [0.29, 0.717) is 0 Å². The van der Waals surface area contributed by atoms with Crippen LogP contribution in [0.5, 0.6) is 0 Å². The van der Waals surface area contributed by atoms with Crippen molar-refractivity contribution in [1.29, 1.82) is 0 Å². The lowest BCUT2D eigenvalue weighted by Crippen LogP contribution is -1.94. The van der Waals surface area contributed by atoms with Crippen molar-refractivity contribution in [1.82, 2.24) is 0 Å². The molecule has 1 nitrogen and oxygen atoms in total. The maximum Gasteiger partial charge on any atom is 0.0540 e. The zero-order chi connectivity index (χ0) is 6.41. The van der Waals surface area contributed by atoms with Crippen molar-refractivity contribution in [3.05, 3.63) is 0 Å². The molecule has 0 heterocycles. The van der Waals surface area contributed by atoms with Gasteiger partial charge in [0.25, 0.3) is 0 Å². The quantitative estimate of drug-likeness (QED) is 0.466. The maximum atomic E-state index is 8.73. The minimum absolute atomic E-state index is 0.0463. The molecular weight excluding hydrogens is 100 g/mol. The van der Waals surface area contributed by atoms with Gasteiger partial charge in [-0.25, -0.2) is 0 Å². The minimum atomic E-state index is 0.0463. The van der Waals surface area contributed by atoms with Crippen molar-refractivity contribution in [3.8, 4) is 12.8 Å². The fourth-order valence-electron chi connectivity index (χ4n) is 0.904. The molecule has 1 aliphatic rings. The molecule has 1 rings (SSSR count). The van der Waals surface area contributed by atoms with Gasteiger partial charge in [-0.15, -0.1) is 12.8 Å². The van der Waals surface area contributed by atoms with Gasteiger partial charge in [-0.05, 0) is 12.8 Å². The highest BCUT2D eigenvalue weighted by Crippen LogP contribution is 2.16. The van der Waals surface area contributed by atoms with Crippen LogP contribution >= 0.6 is 0 Å². The van der Waals surface area contributed by atoms with E-state index in [1.807, 2.05) is 0 Å². The summed E-state index contributed by atoms with van der Waals surface area (Å²) in [6.07, 6.45) is 12.6. The fraction of sp³-hybridized carbons (Fsp3) is 0.714. The van der Waals surface area contributed by atoms with Gasteiger partial charge < -0.3 is 5.11 Å². The molecule has 0 bridgehead atoms. The third-order valence-corrected chi connectivity index (χ3v) is 1.32. The Morgan fingerprint density at radius 1 is 1.12 bits per heavy atom. The SMILES string of the molecule is C#C.OC1CCCC1. The first kappa shape index (κ1) is 7.52. The van der Waals surface area contributed by atoms with Gasteiger partial charge in [-0.3, -0.25) is 0 Å². The Kier molecular flexibility index (Phi) is 4.39. The third-order valence-electron chi connectivity index (χ3n) is 1.32. The summed E-state index contributed by atoms with van der Waals surface area (Å²) >= 11 is 0. The van der Waals surface area contributed by atoms with Crippen molar-refractivity contribution in [2.24, 2.45) is 0 Å². The van der Waals surface area contributed by atoms with Gasteiger partial charge in [0.05, 0.1) is 6.10 Å². The first-order valence-corrected chi connectivity index (χ1v) is 2.91. The minimum Gasteiger partial charge on any atom is -0.393 e. The summed E-state index contributed by atoms with van der Waals surface area (Å²) in [7, 11) is 0. The molecule has 8 heavy (non-hydrogen) atoms. The van der Waals surface area contributed by atoms with E-state index >= 15 is 0 Å². The van der Waals surface area contributed by atoms with Crippen LogP contribution in [0.2, 0.25) is 0 Å². The van der Waals surface area contributed by atoms with Gasteiger partial charge in [0.15, 0.2) is 0 Å². The average molecular weight is 112 g/mol. The first-order valence-electron chi connectivity index (χ1n) is 2.91. The lowest BCUT2D eigenvalue weighted by molar-refractivity contribution is 0.183. The molecule has 0 aliphatic heterocycles. The van der Waals surface area contributed by atoms with Crippen molar-refractivity contribution in [2.45, 2.75) is 31.8 Å². The van der Waals surface area contributed by atoms with Crippen molar-refractivity contribution < 1.29 is 5.11 Å². The molecular formula is C7H12O. The second-order valence-electron chi connectivity index (χ2n) is 1.94. The van der Waals surface area contributed by atoms with Crippen LogP contribution in [0.25, 0.3) is 0 Å². The van der Waals surface area contributed by atoms with Crippen molar-refractivity contribution in [2.75, 3.05) is 0 Å². The zero-order valence-corrected chi connectivity index (χ0v) is 5.01. The van der Waals surface area contributed by atoms with Crippen LogP contribution in [0.4, 0.5) is 0 Å². The molecule has 1 fully saturated rings. The van der Waals surface area contributed by atoms with Gasteiger partial charge in [-0.1, -0.05) is 12.8 Å². The molecule has 1 saturated carbocycles. The Hall–Kier alpha value is -0.480. The summed E-state index contributed by atoms with van der Waals surface area (Å²) < 4.78 is 0. The Bertz CT molecular complexity index is 60.0. The van der Waals surface area contributed by atoms with Gasteiger partial charge in [0.1, 0.15) is 0 Å². The predicted octanol–water partition coefficient (Wildman–Crippen LogP) is 1.17. The molecule has 0 saturated heterocycles. The molecule has 0 unspecified atom stereocenters. The highest BCUT2D eigenvalue weighted by atomic mass is 16.3. The monoisotopic (exact) mass is 112 g/mol. The second kappa shape index (κ2) is 4.67. The second-order valence-corrected chi connectivity index (χ2v) is 1.94. The molecule has 0 aromatic rings. The normalized spacial score (nSPS) is 19.4. The molecule has 1 heteroatoms. The smallest absolute Gasteiger partial charge is 0.0540 e. The van der Waals surface area contributed by atoms with Crippen LogP contribution in [0.15, 0.2) is 0 Å². The van der Waals surface area contributed by atoms with Crippen molar-refractivity contribution in [3.63, 3.8) is 0 Å². The average Bonchev–Trinajstić information content (AvgIpc) is 2.24. The summed E-state index contributed by atoms with van der Waals surface area (Å²) in [5.41, 5.74) is 0. The van der Waals surface area contributed by atoms with Crippen LogP contribution in [-0.2, 0) is 0 Å². The summed E-state index contributed by atoms with van der Waals surface area (Å²) in [6, 6.07) is 0. The number of aliphatic hydroxyl groups is 1. The topological polar surface area (TPSA) is 20.2 Å². The number of terminal acetylenes is 1. The maximum absolute atomic E-state index is 8.73. The molecule has 1 aliphatic carbocycles. The Morgan fingerprint density at radius 2 is 1.50 bits per heavy atom. The number of rotatable bonds is 0. The first-order chi connectivity index (χ1) is 3.89. The van der Waals surface area contributed by atoms with E-state index in [0.717, 1.165) is 12.8 Å². The predicted molar refractivity (Wildman–Crippen MR) is 34.4 cm³/mol. The van der Waals surface area contributed by atoms with E-state index in [4.69, 9.17) is 5.11 Å². The number of aliphatic hydroxyl groups excluding tert-OH is 1. The molecule has 0 aromatic heterocycles. The molecule has 0 amide bonds. The molecule has 46 valence electrons. The highest BCUT2D eigenvalue weighted by Gasteiger charge is 2.09. The highest BCUT2D eigenvalue weighted by molar-refractivity contribution is 4.63. The van der Waals surface area contributed by atoms with Gasteiger partial charge in [0, 0.05) is 0 Å². The van der Waals surface area contributed by atoms with E-state index in [-0.39, 0.29) is 6.10 Å². The third kappa shape index (κ3) is 2.65. The lowest BCUT2D eigenvalue weighted by atomic mass is 10.3. The molecule has 0 aromatic carbocycles. The zero-order valence-electron chi connectivity index (χ0n) is 5.01. The number of hydrogen-bond acceptors (Lipinski definition) is 1. The largest absolute Gasteiger partial charge is 0.393 e. The molecule has 0 radical (unpaired) electrons. The molecule has 0 spiro atoms. The Balaban J connectivity index is 0.000000222. The lowest BCUT2D eigenvalue weighted by Gasteiger charge is -1.91. The van der Waals surface area contributed by atoms with Gasteiger partial charge in [0.2, 0.25) is 0 Å². The summed E-state index contributed by atoms with van der Waals surface area (Å²) in [4.78, 5) is 0. The van der Waals surface area contributed by atoms with Crippen LogP contribution in [0, 0.1) is 12.8 Å². The van der Waals surface area contributed by atoms with Gasteiger partial charge in [-0.2, -0.15) is 0 Å². The van der Waals surface area contributed by atoms with Crippen LogP contribution in [0.3, 0.4) is 0 Å². The number of hydrogen-bond donors (Lipinski definition) is 1. The van der Waals surface area contributed by atoms with E-state index in [2.05, 4.69) is 12.8 Å². The van der Waals surface area contributed by atoms with E-state index < -0.39 is 0 Å². The van der Waals surface area contributed by atoms with Crippen LogP contribution in [-0.4, -0.2) is 11.2 Å². The molecule has 0 atom stereocenters. The Labute approximate surface area is 50.7 Å². The van der Waals surface area contributed by atoms with E-state index in [1.165, 1.54) is 12.8 Å². The van der Waals surface area contributed by atoms with E-state index in [1.54, 1.807) is 0 Å².